The Bertz CT molecular complexity index is 218. The van der Waals surface area contributed by atoms with Gasteiger partial charge >= 0.3 is 0 Å². The summed E-state index contributed by atoms with van der Waals surface area (Å²) in [7, 11) is 0. The molecule has 0 aromatic carbocycles. The van der Waals surface area contributed by atoms with Gasteiger partial charge in [0.15, 0.2) is 0 Å². The number of hydrogen-bond acceptors (Lipinski definition) is 3. The van der Waals surface area contributed by atoms with Crippen LogP contribution in [0.5, 0.6) is 0 Å². The van der Waals surface area contributed by atoms with Crippen molar-refractivity contribution in [2.24, 2.45) is 5.73 Å². The zero-order valence-electron chi connectivity index (χ0n) is 6.91. The minimum Gasteiger partial charge on any atom is -0.330 e. The topological polar surface area (TPSA) is 51.8 Å². The van der Waals surface area contributed by atoms with Crippen LogP contribution in [0.25, 0.3) is 0 Å². The molecule has 0 aliphatic carbocycles. The Morgan fingerprint density at radius 2 is 2.27 bits per heavy atom. The van der Waals surface area contributed by atoms with Gasteiger partial charge in [0.25, 0.3) is 0 Å². The molecule has 0 bridgehead atoms. The van der Waals surface area contributed by atoms with Gasteiger partial charge in [-0.05, 0) is 12.1 Å². The van der Waals surface area contributed by atoms with Gasteiger partial charge < -0.3 is 5.73 Å². The molecular weight excluding hydrogens is 138 g/mol. The predicted molar refractivity (Wildman–Crippen MR) is 44.1 cm³/mol. The van der Waals surface area contributed by atoms with Crippen LogP contribution in [-0.2, 0) is 5.41 Å². The molecule has 0 radical (unpaired) electrons. The summed E-state index contributed by atoms with van der Waals surface area (Å²) in [5, 5.41) is 7.78. The van der Waals surface area contributed by atoms with Gasteiger partial charge in [-0.2, -0.15) is 10.2 Å². The predicted octanol–water partition coefficient (Wildman–Crippen LogP) is 0.713. The standard InChI is InChI=1S/C8H13N3/c1-8(2,6-9)7-4-3-5-10-11-7/h3-5H,6,9H2,1-2H3. The normalized spacial score (nSPS) is 11.5. The van der Waals surface area contributed by atoms with E-state index in [1.807, 2.05) is 12.1 Å². The second-order valence-corrected chi connectivity index (χ2v) is 3.20. The minimum absolute atomic E-state index is 0.0613. The van der Waals surface area contributed by atoms with E-state index in [0.717, 1.165) is 5.69 Å². The van der Waals surface area contributed by atoms with Gasteiger partial charge in [-0.15, -0.1) is 0 Å². The average molecular weight is 151 g/mol. The number of nitrogens with zero attached hydrogens (tertiary/aromatic N) is 2. The SMILES string of the molecule is CC(C)(CN)c1cccnn1. The molecule has 0 saturated carbocycles. The molecule has 0 atom stereocenters. The van der Waals surface area contributed by atoms with Gasteiger partial charge in [0.2, 0.25) is 0 Å². The summed E-state index contributed by atoms with van der Waals surface area (Å²) in [4.78, 5) is 0. The van der Waals surface area contributed by atoms with Crippen LogP contribution in [0, 0.1) is 0 Å². The number of rotatable bonds is 2. The number of aromatic nitrogens is 2. The second kappa shape index (κ2) is 2.96. The lowest BCUT2D eigenvalue weighted by Gasteiger charge is -2.20. The van der Waals surface area contributed by atoms with Crippen molar-refractivity contribution in [1.82, 2.24) is 10.2 Å². The van der Waals surface area contributed by atoms with Gasteiger partial charge in [0.05, 0.1) is 5.69 Å². The minimum atomic E-state index is -0.0613. The Labute approximate surface area is 66.6 Å². The maximum absolute atomic E-state index is 5.57. The maximum atomic E-state index is 5.57. The third-order valence-electron chi connectivity index (χ3n) is 1.78. The van der Waals surface area contributed by atoms with Crippen LogP contribution in [0.1, 0.15) is 19.5 Å². The largest absolute Gasteiger partial charge is 0.330 e. The summed E-state index contributed by atoms with van der Waals surface area (Å²) in [6.07, 6.45) is 1.66. The first-order valence-electron chi connectivity index (χ1n) is 3.65. The van der Waals surface area contributed by atoms with Gasteiger partial charge in [0, 0.05) is 18.2 Å². The van der Waals surface area contributed by atoms with Crippen molar-refractivity contribution in [2.45, 2.75) is 19.3 Å². The van der Waals surface area contributed by atoms with Crippen molar-refractivity contribution in [2.75, 3.05) is 6.54 Å². The van der Waals surface area contributed by atoms with Crippen molar-refractivity contribution in [3.8, 4) is 0 Å². The van der Waals surface area contributed by atoms with Gasteiger partial charge in [-0.1, -0.05) is 13.8 Å². The first-order valence-corrected chi connectivity index (χ1v) is 3.65. The molecule has 0 unspecified atom stereocenters. The molecule has 1 aromatic heterocycles. The average Bonchev–Trinajstić information content (AvgIpc) is 2.06. The van der Waals surface area contributed by atoms with Crippen molar-refractivity contribution in [3.63, 3.8) is 0 Å². The van der Waals surface area contributed by atoms with E-state index in [9.17, 15) is 0 Å². The highest BCUT2D eigenvalue weighted by Crippen LogP contribution is 2.17. The van der Waals surface area contributed by atoms with Crippen LogP contribution < -0.4 is 5.73 Å². The Kier molecular flexibility index (Phi) is 2.19. The van der Waals surface area contributed by atoms with Crippen molar-refractivity contribution in [3.05, 3.63) is 24.0 Å². The number of hydrogen-bond donors (Lipinski definition) is 1. The van der Waals surface area contributed by atoms with E-state index < -0.39 is 0 Å². The third kappa shape index (κ3) is 1.74. The third-order valence-corrected chi connectivity index (χ3v) is 1.78. The van der Waals surface area contributed by atoms with Crippen LogP contribution in [0.15, 0.2) is 18.3 Å². The highest BCUT2D eigenvalue weighted by atomic mass is 15.1. The van der Waals surface area contributed by atoms with Crippen LogP contribution >= 0.6 is 0 Å². The summed E-state index contributed by atoms with van der Waals surface area (Å²) < 4.78 is 0. The maximum Gasteiger partial charge on any atom is 0.0699 e. The van der Waals surface area contributed by atoms with E-state index >= 15 is 0 Å². The smallest absolute Gasteiger partial charge is 0.0699 e. The van der Waals surface area contributed by atoms with E-state index in [1.165, 1.54) is 0 Å². The van der Waals surface area contributed by atoms with Crippen molar-refractivity contribution in [1.29, 1.82) is 0 Å². The van der Waals surface area contributed by atoms with Crippen LogP contribution in [0.4, 0.5) is 0 Å². The molecule has 3 heteroatoms. The fourth-order valence-corrected chi connectivity index (χ4v) is 0.767. The first-order chi connectivity index (χ1) is 5.17. The molecule has 0 fully saturated rings. The first kappa shape index (κ1) is 8.14. The van der Waals surface area contributed by atoms with Crippen LogP contribution in [0.3, 0.4) is 0 Å². The molecule has 1 rings (SSSR count). The second-order valence-electron chi connectivity index (χ2n) is 3.20. The van der Waals surface area contributed by atoms with Gasteiger partial charge in [-0.25, -0.2) is 0 Å². The van der Waals surface area contributed by atoms with Crippen LogP contribution in [-0.4, -0.2) is 16.7 Å². The molecule has 0 saturated heterocycles. The monoisotopic (exact) mass is 151 g/mol. The molecule has 1 heterocycles. The molecule has 0 spiro atoms. The van der Waals surface area contributed by atoms with Gasteiger partial charge in [-0.3, -0.25) is 0 Å². The zero-order valence-corrected chi connectivity index (χ0v) is 6.91. The van der Waals surface area contributed by atoms with E-state index in [2.05, 4.69) is 24.0 Å². The number of nitrogens with two attached hydrogens (primary N) is 1. The summed E-state index contributed by atoms with van der Waals surface area (Å²) >= 11 is 0. The van der Waals surface area contributed by atoms with E-state index in [0.29, 0.717) is 6.54 Å². The summed E-state index contributed by atoms with van der Waals surface area (Å²) in [6, 6.07) is 3.82. The summed E-state index contributed by atoms with van der Waals surface area (Å²) in [5.74, 6) is 0. The van der Waals surface area contributed by atoms with E-state index in [-0.39, 0.29) is 5.41 Å². The highest BCUT2D eigenvalue weighted by molar-refractivity contribution is 5.12. The fraction of sp³-hybridized carbons (Fsp3) is 0.500. The molecule has 0 aliphatic heterocycles. The Hall–Kier alpha value is -0.960. The molecule has 0 aliphatic rings. The van der Waals surface area contributed by atoms with Crippen molar-refractivity contribution < 1.29 is 0 Å². The molecule has 2 N–H and O–H groups in total. The Balaban J connectivity index is 2.93. The lowest BCUT2D eigenvalue weighted by molar-refractivity contribution is 0.514. The molecule has 11 heavy (non-hydrogen) atoms. The summed E-state index contributed by atoms with van der Waals surface area (Å²) in [5.41, 5.74) is 6.46. The van der Waals surface area contributed by atoms with Gasteiger partial charge in [0.1, 0.15) is 0 Å². The summed E-state index contributed by atoms with van der Waals surface area (Å²) in [6.45, 7) is 4.69. The van der Waals surface area contributed by atoms with Crippen molar-refractivity contribution >= 4 is 0 Å². The van der Waals surface area contributed by atoms with Crippen LogP contribution in [0.2, 0.25) is 0 Å². The van der Waals surface area contributed by atoms with E-state index in [4.69, 9.17) is 5.73 Å². The zero-order chi connectivity index (χ0) is 8.32. The fourth-order valence-electron chi connectivity index (χ4n) is 0.767. The lowest BCUT2D eigenvalue weighted by Crippen LogP contribution is -2.29. The molecule has 0 amide bonds. The highest BCUT2D eigenvalue weighted by Gasteiger charge is 2.19. The quantitative estimate of drug-likeness (QED) is 0.677. The molecule has 1 aromatic rings. The lowest BCUT2D eigenvalue weighted by atomic mass is 9.89. The molecular formula is C8H13N3. The van der Waals surface area contributed by atoms with E-state index in [1.54, 1.807) is 6.20 Å². The Morgan fingerprint density at radius 3 is 2.73 bits per heavy atom. The Morgan fingerprint density at radius 1 is 1.55 bits per heavy atom. The molecule has 3 nitrogen and oxygen atoms in total. The molecule has 60 valence electrons.